The fraction of sp³-hybridized carbons (Fsp3) is 0.929. The molecule has 11 atom stereocenters. The quantitative estimate of drug-likeness (QED) is 0.103. The van der Waals surface area contributed by atoms with Crippen molar-refractivity contribution in [1.29, 1.82) is 0 Å². The highest BCUT2D eigenvalue weighted by atomic mass is 16.7. The first-order chi connectivity index (χ1) is 18.5. The first kappa shape index (κ1) is 34.5. The third-order valence-electron chi connectivity index (χ3n) is 7.60. The zero-order valence-corrected chi connectivity index (χ0v) is 23.8. The zero-order valence-electron chi connectivity index (χ0n) is 23.8. The summed E-state index contributed by atoms with van der Waals surface area (Å²) in [5, 5.41) is 70.5. The van der Waals surface area contributed by atoms with Gasteiger partial charge in [-0.3, -0.25) is 0 Å². The Hall–Kier alpha value is -0.700. The highest BCUT2D eigenvalue weighted by Gasteiger charge is 2.50. The van der Waals surface area contributed by atoms with Crippen molar-refractivity contribution in [3.63, 3.8) is 0 Å². The van der Waals surface area contributed by atoms with E-state index in [1.54, 1.807) is 0 Å². The first-order valence-electron chi connectivity index (χ1n) is 14.4. The monoisotopic (exact) mass is 564 g/mol. The number of hydrogen-bond acceptors (Lipinski definition) is 11. The summed E-state index contributed by atoms with van der Waals surface area (Å²) in [5.41, 5.74) is 1.26. The van der Waals surface area contributed by atoms with Crippen molar-refractivity contribution >= 4 is 0 Å². The van der Waals surface area contributed by atoms with Crippen molar-refractivity contribution in [3.05, 3.63) is 11.6 Å². The van der Waals surface area contributed by atoms with Gasteiger partial charge in [-0.25, -0.2) is 0 Å². The lowest BCUT2D eigenvalue weighted by molar-refractivity contribution is -0.359. The van der Waals surface area contributed by atoms with E-state index in [0.717, 1.165) is 24.7 Å². The second-order valence-electron chi connectivity index (χ2n) is 11.5. The van der Waals surface area contributed by atoms with E-state index in [1.807, 2.05) is 0 Å². The molecule has 0 aromatic heterocycles. The average Bonchev–Trinajstić information content (AvgIpc) is 2.90. The molecule has 2 fully saturated rings. The van der Waals surface area contributed by atoms with Gasteiger partial charge in [-0.2, -0.15) is 0 Å². The van der Waals surface area contributed by atoms with Gasteiger partial charge in [-0.05, 0) is 38.0 Å². The van der Waals surface area contributed by atoms with Gasteiger partial charge >= 0.3 is 0 Å². The third kappa shape index (κ3) is 10.6. The molecule has 0 amide bonds. The lowest BCUT2D eigenvalue weighted by atomic mass is 9.94. The van der Waals surface area contributed by atoms with Crippen LogP contribution in [0.5, 0.6) is 0 Å². The first-order valence-corrected chi connectivity index (χ1v) is 14.4. The predicted octanol–water partition coefficient (Wildman–Crippen LogP) is 0.596. The Morgan fingerprint density at radius 2 is 1.38 bits per heavy atom. The molecule has 2 aliphatic heterocycles. The maximum atomic E-state index is 10.7. The molecule has 39 heavy (non-hydrogen) atoms. The van der Waals surface area contributed by atoms with Crippen molar-refractivity contribution in [2.45, 2.75) is 134 Å². The predicted molar refractivity (Wildman–Crippen MR) is 142 cm³/mol. The fourth-order valence-corrected chi connectivity index (χ4v) is 5.03. The van der Waals surface area contributed by atoms with E-state index in [0.29, 0.717) is 6.42 Å². The molecule has 0 bridgehead atoms. The third-order valence-corrected chi connectivity index (χ3v) is 7.60. The standard InChI is InChI=1S/C28H52O11/c1-16(2)8-5-9-17(3)10-6-11-18(4)12-7-13-36-27-25(35)23(33)26(20(15-30)38-27)39-28-24(34)22(32)21(31)19(14-29)37-28/h12,16-17,19-35H,5-11,13-15H2,1-4H3. The van der Waals surface area contributed by atoms with Crippen LogP contribution in [0.2, 0.25) is 0 Å². The van der Waals surface area contributed by atoms with Crippen molar-refractivity contribution in [3.8, 4) is 0 Å². The average molecular weight is 565 g/mol. The van der Waals surface area contributed by atoms with E-state index in [1.165, 1.54) is 31.3 Å². The fourth-order valence-electron chi connectivity index (χ4n) is 5.03. The van der Waals surface area contributed by atoms with E-state index in [9.17, 15) is 35.7 Å². The maximum absolute atomic E-state index is 10.7. The number of ether oxygens (including phenoxy) is 4. The molecule has 2 saturated heterocycles. The molecule has 0 aromatic carbocycles. The van der Waals surface area contributed by atoms with Gasteiger partial charge in [0.1, 0.15) is 48.8 Å². The Labute approximate surface area is 232 Å². The molecular weight excluding hydrogens is 512 g/mol. The molecule has 2 aliphatic rings. The second kappa shape index (κ2) is 17.3. The van der Waals surface area contributed by atoms with Crippen LogP contribution in [0.1, 0.15) is 72.6 Å². The van der Waals surface area contributed by atoms with Gasteiger partial charge < -0.3 is 54.7 Å². The van der Waals surface area contributed by atoms with Crippen LogP contribution >= 0.6 is 0 Å². The molecule has 2 rings (SSSR count). The van der Waals surface area contributed by atoms with E-state index in [2.05, 4.69) is 33.8 Å². The summed E-state index contributed by atoms with van der Waals surface area (Å²) in [6, 6.07) is 0. The van der Waals surface area contributed by atoms with E-state index in [-0.39, 0.29) is 6.61 Å². The summed E-state index contributed by atoms with van der Waals surface area (Å²) in [4.78, 5) is 0. The van der Waals surface area contributed by atoms with Crippen LogP contribution in [0.15, 0.2) is 11.6 Å². The van der Waals surface area contributed by atoms with Gasteiger partial charge in [0.2, 0.25) is 0 Å². The number of hydrogen-bond donors (Lipinski definition) is 7. The van der Waals surface area contributed by atoms with Crippen LogP contribution in [-0.4, -0.2) is 117 Å². The summed E-state index contributed by atoms with van der Waals surface area (Å²) in [5.74, 6) is 1.48. The van der Waals surface area contributed by atoms with Gasteiger partial charge in [0, 0.05) is 0 Å². The molecule has 11 heteroatoms. The molecule has 2 heterocycles. The molecule has 11 nitrogen and oxygen atoms in total. The summed E-state index contributed by atoms with van der Waals surface area (Å²) in [6.07, 6.45) is -4.65. The van der Waals surface area contributed by atoms with Gasteiger partial charge in [-0.1, -0.05) is 58.1 Å². The van der Waals surface area contributed by atoms with Crippen LogP contribution in [0.3, 0.4) is 0 Å². The molecule has 0 aromatic rings. The van der Waals surface area contributed by atoms with Crippen LogP contribution in [0, 0.1) is 11.8 Å². The Morgan fingerprint density at radius 3 is 2.03 bits per heavy atom. The van der Waals surface area contributed by atoms with Crippen LogP contribution < -0.4 is 0 Å². The summed E-state index contributed by atoms with van der Waals surface area (Å²) < 4.78 is 22.1. The molecule has 0 radical (unpaired) electrons. The van der Waals surface area contributed by atoms with Crippen molar-refractivity contribution < 1.29 is 54.7 Å². The zero-order chi connectivity index (χ0) is 29.1. The topological polar surface area (TPSA) is 179 Å². The Kier molecular flexibility index (Phi) is 15.3. The minimum absolute atomic E-state index is 0.230. The van der Waals surface area contributed by atoms with Crippen LogP contribution in [-0.2, 0) is 18.9 Å². The summed E-state index contributed by atoms with van der Waals surface area (Å²) >= 11 is 0. The number of aliphatic hydroxyl groups excluding tert-OH is 7. The van der Waals surface area contributed by atoms with Gasteiger partial charge in [0.15, 0.2) is 12.6 Å². The Morgan fingerprint density at radius 1 is 0.769 bits per heavy atom. The number of rotatable bonds is 16. The summed E-state index contributed by atoms with van der Waals surface area (Å²) in [7, 11) is 0. The van der Waals surface area contributed by atoms with Crippen molar-refractivity contribution in [2.24, 2.45) is 11.8 Å². The summed E-state index contributed by atoms with van der Waals surface area (Å²) in [6.45, 7) is 7.90. The lowest BCUT2D eigenvalue weighted by Gasteiger charge is -2.45. The lowest BCUT2D eigenvalue weighted by Crippen LogP contribution is -2.64. The normalized spacial score (nSPS) is 36.9. The molecule has 0 saturated carbocycles. The molecule has 11 unspecified atom stereocenters. The second-order valence-corrected chi connectivity index (χ2v) is 11.5. The maximum Gasteiger partial charge on any atom is 0.187 e. The minimum Gasteiger partial charge on any atom is -0.394 e. The minimum atomic E-state index is -1.71. The molecule has 230 valence electrons. The Balaban J connectivity index is 1.78. The van der Waals surface area contributed by atoms with Crippen molar-refractivity contribution in [1.82, 2.24) is 0 Å². The van der Waals surface area contributed by atoms with Gasteiger partial charge in [-0.15, -0.1) is 0 Å². The van der Waals surface area contributed by atoms with E-state index < -0.39 is 74.6 Å². The van der Waals surface area contributed by atoms with Crippen molar-refractivity contribution in [2.75, 3.05) is 19.8 Å². The highest BCUT2D eigenvalue weighted by molar-refractivity contribution is 4.98. The smallest absolute Gasteiger partial charge is 0.187 e. The van der Waals surface area contributed by atoms with Crippen LogP contribution in [0.25, 0.3) is 0 Å². The number of aliphatic hydroxyl groups is 7. The van der Waals surface area contributed by atoms with Gasteiger partial charge in [0.05, 0.1) is 19.8 Å². The molecule has 0 spiro atoms. The Bertz CT molecular complexity index is 701. The molecule has 0 aliphatic carbocycles. The van der Waals surface area contributed by atoms with E-state index >= 15 is 0 Å². The largest absolute Gasteiger partial charge is 0.394 e. The highest BCUT2D eigenvalue weighted by Crippen LogP contribution is 2.29. The van der Waals surface area contributed by atoms with Gasteiger partial charge in [0.25, 0.3) is 0 Å². The van der Waals surface area contributed by atoms with E-state index in [4.69, 9.17) is 18.9 Å². The molecular formula is C28H52O11. The molecule has 7 N–H and O–H groups in total. The SMILES string of the molecule is CC(=CCCOC1OC(CO)C(OC2OC(CO)C(O)C(O)C2O)C(O)C1O)CCCC(C)CCCC(C)C. The number of allylic oxidation sites excluding steroid dienone is 1. The van der Waals surface area contributed by atoms with Crippen LogP contribution in [0.4, 0.5) is 0 Å².